The fourth-order valence-corrected chi connectivity index (χ4v) is 3.84. The fourth-order valence-electron chi connectivity index (χ4n) is 3.84. The molecule has 33 heavy (non-hydrogen) atoms. The van der Waals surface area contributed by atoms with Crippen LogP contribution in [0.1, 0.15) is 37.5 Å². The maximum atomic E-state index is 12.4. The van der Waals surface area contributed by atoms with Gasteiger partial charge in [0.1, 0.15) is 5.60 Å². The number of fused-ring (bicyclic) bond motifs is 1. The van der Waals surface area contributed by atoms with Crippen molar-refractivity contribution in [3.05, 3.63) is 95.9 Å². The lowest BCUT2D eigenvalue weighted by atomic mass is 10.1. The van der Waals surface area contributed by atoms with Gasteiger partial charge < -0.3 is 9.72 Å². The zero-order valence-electron chi connectivity index (χ0n) is 19.3. The second kappa shape index (κ2) is 9.88. The molecule has 2 heterocycles. The Balaban J connectivity index is 1.58. The van der Waals surface area contributed by atoms with Crippen molar-refractivity contribution >= 4 is 22.7 Å². The third-order valence-corrected chi connectivity index (χ3v) is 5.25. The van der Waals surface area contributed by atoms with Gasteiger partial charge in [-0.15, -0.1) is 0 Å². The normalized spacial score (nSPS) is 11.6. The molecule has 0 saturated carbocycles. The van der Waals surface area contributed by atoms with E-state index in [0.717, 1.165) is 24.2 Å². The van der Waals surface area contributed by atoms with Crippen molar-refractivity contribution in [2.24, 2.45) is 0 Å². The number of benzene rings is 2. The van der Waals surface area contributed by atoms with Gasteiger partial charge in [-0.1, -0.05) is 48.5 Å². The Labute approximate surface area is 194 Å². The Bertz CT molecular complexity index is 1210. The molecule has 0 saturated heterocycles. The van der Waals surface area contributed by atoms with Crippen LogP contribution in [0.4, 0.5) is 10.5 Å². The summed E-state index contributed by atoms with van der Waals surface area (Å²) in [6, 6.07) is 20.5. The van der Waals surface area contributed by atoms with Crippen molar-refractivity contribution in [3.63, 3.8) is 0 Å². The second-order valence-electron chi connectivity index (χ2n) is 9.15. The number of hydrogen-bond acceptors (Lipinski definition) is 4. The van der Waals surface area contributed by atoms with Gasteiger partial charge in [0.2, 0.25) is 0 Å². The Kier molecular flexibility index (Phi) is 6.75. The molecule has 0 unspecified atom stereocenters. The van der Waals surface area contributed by atoms with Crippen LogP contribution in [-0.4, -0.2) is 26.6 Å². The van der Waals surface area contributed by atoms with Crippen molar-refractivity contribution in [2.45, 2.75) is 46.0 Å². The lowest BCUT2D eigenvalue weighted by Crippen LogP contribution is -2.28. The number of carbonyl (C=O) groups excluding carboxylic acids is 1. The molecule has 0 radical (unpaired) electrons. The SMILES string of the molecule is CC(C)(C)OC(=O)Nc1ccncc1CN(Cc1ccccc1)Cc1c[nH]c2ccccc12. The van der Waals surface area contributed by atoms with Crippen LogP contribution in [-0.2, 0) is 24.4 Å². The summed E-state index contributed by atoms with van der Waals surface area (Å²) < 4.78 is 5.44. The molecule has 0 aliphatic rings. The molecule has 2 N–H and O–H groups in total. The molecular formula is C27H30N4O2. The molecular weight excluding hydrogens is 412 g/mol. The van der Waals surface area contributed by atoms with E-state index in [4.69, 9.17) is 4.74 Å². The maximum absolute atomic E-state index is 12.4. The molecule has 0 spiro atoms. The Morgan fingerprint density at radius 2 is 1.70 bits per heavy atom. The highest BCUT2D eigenvalue weighted by atomic mass is 16.6. The molecule has 0 fully saturated rings. The highest BCUT2D eigenvalue weighted by Crippen LogP contribution is 2.24. The topological polar surface area (TPSA) is 70.2 Å². The van der Waals surface area contributed by atoms with E-state index in [1.54, 1.807) is 12.4 Å². The van der Waals surface area contributed by atoms with E-state index in [9.17, 15) is 4.79 Å². The molecule has 2 aromatic heterocycles. The summed E-state index contributed by atoms with van der Waals surface area (Å²) in [5.74, 6) is 0. The van der Waals surface area contributed by atoms with E-state index in [1.165, 1.54) is 16.5 Å². The lowest BCUT2D eigenvalue weighted by molar-refractivity contribution is 0.0635. The van der Waals surface area contributed by atoms with Gasteiger partial charge in [-0.2, -0.15) is 0 Å². The quantitative estimate of drug-likeness (QED) is 0.362. The Morgan fingerprint density at radius 3 is 2.48 bits per heavy atom. The van der Waals surface area contributed by atoms with Crippen LogP contribution in [0.5, 0.6) is 0 Å². The van der Waals surface area contributed by atoms with Gasteiger partial charge in [0, 0.05) is 54.7 Å². The molecule has 4 aromatic rings. The third kappa shape index (κ3) is 6.20. The van der Waals surface area contributed by atoms with Crippen LogP contribution < -0.4 is 5.32 Å². The zero-order valence-corrected chi connectivity index (χ0v) is 19.3. The van der Waals surface area contributed by atoms with E-state index in [1.807, 2.05) is 39.0 Å². The number of aromatic nitrogens is 2. The van der Waals surface area contributed by atoms with Gasteiger partial charge in [0.15, 0.2) is 0 Å². The summed E-state index contributed by atoms with van der Waals surface area (Å²) in [6.07, 6.45) is 5.09. The van der Waals surface area contributed by atoms with E-state index in [-0.39, 0.29) is 0 Å². The number of pyridine rings is 1. The average molecular weight is 443 g/mol. The van der Waals surface area contributed by atoms with Crippen LogP contribution in [0, 0.1) is 0 Å². The zero-order chi connectivity index (χ0) is 23.3. The number of ether oxygens (including phenoxy) is 1. The summed E-state index contributed by atoms with van der Waals surface area (Å²) >= 11 is 0. The summed E-state index contributed by atoms with van der Waals surface area (Å²) in [5, 5.41) is 4.11. The number of H-pyrrole nitrogens is 1. The van der Waals surface area contributed by atoms with Crippen molar-refractivity contribution in [1.82, 2.24) is 14.9 Å². The molecule has 0 atom stereocenters. The highest BCUT2D eigenvalue weighted by Gasteiger charge is 2.18. The summed E-state index contributed by atoms with van der Waals surface area (Å²) in [7, 11) is 0. The number of aromatic amines is 1. The second-order valence-corrected chi connectivity index (χ2v) is 9.15. The summed E-state index contributed by atoms with van der Waals surface area (Å²) in [4.78, 5) is 22.4. The first-order chi connectivity index (χ1) is 15.9. The molecule has 0 bridgehead atoms. The van der Waals surface area contributed by atoms with Crippen LogP contribution in [0.25, 0.3) is 10.9 Å². The van der Waals surface area contributed by atoms with Crippen molar-refractivity contribution in [3.8, 4) is 0 Å². The predicted octanol–water partition coefficient (Wildman–Crippen LogP) is 6.11. The van der Waals surface area contributed by atoms with Crippen LogP contribution in [0.2, 0.25) is 0 Å². The number of anilines is 1. The van der Waals surface area contributed by atoms with E-state index >= 15 is 0 Å². The van der Waals surface area contributed by atoms with Crippen LogP contribution >= 0.6 is 0 Å². The fraction of sp³-hybridized carbons (Fsp3) is 0.259. The first kappa shape index (κ1) is 22.6. The van der Waals surface area contributed by atoms with Gasteiger partial charge >= 0.3 is 6.09 Å². The molecule has 1 amide bonds. The van der Waals surface area contributed by atoms with Gasteiger partial charge in [0.25, 0.3) is 0 Å². The van der Waals surface area contributed by atoms with E-state index in [0.29, 0.717) is 12.2 Å². The number of carbonyl (C=O) groups is 1. The number of nitrogens with zero attached hydrogens (tertiary/aromatic N) is 2. The van der Waals surface area contributed by atoms with Gasteiger partial charge in [-0.25, -0.2) is 4.79 Å². The van der Waals surface area contributed by atoms with Crippen LogP contribution in [0.3, 0.4) is 0 Å². The molecule has 6 heteroatoms. The minimum absolute atomic E-state index is 0.471. The number of para-hydroxylation sites is 1. The van der Waals surface area contributed by atoms with Gasteiger partial charge in [-0.3, -0.25) is 15.2 Å². The molecule has 2 aromatic carbocycles. The van der Waals surface area contributed by atoms with Crippen molar-refractivity contribution < 1.29 is 9.53 Å². The Hall–Kier alpha value is -3.64. The number of hydrogen-bond donors (Lipinski definition) is 2. The van der Waals surface area contributed by atoms with Crippen molar-refractivity contribution in [2.75, 3.05) is 5.32 Å². The molecule has 0 aliphatic heterocycles. The largest absolute Gasteiger partial charge is 0.444 e. The van der Waals surface area contributed by atoms with E-state index in [2.05, 4.69) is 68.8 Å². The van der Waals surface area contributed by atoms with Gasteiger partial charge in [0.05, 0.1) is 5.69 Å². The molecule has 4 rings (SSSR count). The molecule has 170 valence electrons. The standard InChI is InChI=1S/C27H30N4O2/c1-27(2,3)33-26(32)30-24-13-14-28-15-22(24)19-31(17-20-9-5-4-6-10-20)18-21-16-29-25-12-8-7-11-23(21)25/h4-16,29H,17-19H2,1-3H3,(H,28,30,32). The molecule has 6 nitrogen and oxygen atoms in total. The third-order valence-electron chi connectivity index (χ3n) is 5.25. The monoisotopic (exact) mass is 442 g/mol. The minimum Gasteiger partial charge on any atom is -0.444 e. The minimum atomic E-state index is -0.564. The smallest absolute Gasteiger partial charge is 0.412 e. The average Bonchev–Trinajstić information content (AvgIpc) is 3.17. The molecule has 0 aliphatic carbocycles. The number of rotatable bonds is 7. The summed E-state index contributed by atoms with van der Waals surface area (Å²) in [5.41, 5.74) is 4.65. The summed E-state index contributed by atoms with van der Waals surface area (Å²) in [6.45, 7) is 7.68. The Morgan fingerprint density at radius 1 is 0.970 bits per heavy atom. The van der Waals surface area contributed by atoms with Crippen LogP contribution in [0.15, 0.2) is 79.3 Å². The highest BCUT2D eigenvalue weighted by molar-refractivity contribution is 5.86. The van der Waals surface area contributed by atoms with Crippen molar-refractivity contribution in [1.29, 1.82) is 0 Å². The van der Waals surface area contributed by atoms with Gasteiger partial charge in [-0.05, 0) is 44.0 Å². The van der Waals surface area contributed by atoms with E-state index < -0.39 is 11.7 Å². The first-order valence-corrected chi connectivity index (χ1v) is 11.1. The number of nitrogens with one attached hydrogen (secondary N) is 2. The maximum Gasteiger partial charge on any atom is 0.412 e. The first-order valence-electron chi connectivity index (χ1n) is 11.1. The number of amides is 1. The predicted molar refractivity (Wildman–Crippen MR) is 132 cm³/mol. The lowest BCUT2D eigenvalue weighted by Gasteiger charge is -2.24.